The zero-order valence-electron chi connectivity index (χ0n) is 17.8. The number of anilines is 1. The molecule has 3 aromatic rings. The zero-order chi connectivity index (χ0) is 20.8. The van der Waals surface area contributed by atoms with E-state index in [0.29, 0.717) is 17.7 Å². The minimum absolute atomic E-state index is 0.255. The number of nitrogens with two attached hydrogens (primary N) is 1. The van der Waals surface area contributed by atoms with E-state index in [-0.39, 0.29) is 11.9 Å². The molecule has 0 bridgehead atoms. The first-order valence-electron chi connectivity index (χ1n) is 10.7. The smallest absolute Gasteiger partial charge is 0.263 e. The van der Waals surface area contributed by atoms with Crippen molar-refractivity contribution in [3.8, 4) is 22.9 Å². The Bertz CT molecular complexity index is 1090. The SMILES string of the molecule is Cc1cc(-c2cnc(N)c(Oc3cnn(C(C)C)c3)n2)cc2c1CCN1CCCC21. The summed E-state index contributed by atoms with van der Waals surface area (Å²) in [5, 5.41) is 4.31. The van der Waals surface area contributed by atoms with E-state index in [1.807, 2.05) is 10.9 Å². The van der Waals surface area contributed by atoms with Crippen LogP contribution in [-0.4, -0.2) is 37.7 Å². The maximum Gasteiger partial charge on any atom is 0.263 e. The number of nitrogen functional groups attached to an aromatic ring is 1. The number of nitrogens with zero attached hydrogens (tertiary/aromatic N) is 5. The van der Waals surface area contributed by atoms with Gasteiger partial charge in [-0.1, -0.05) is 0 Å². The van der Waals surface area contributed by atoms with Crippen LogP contribution in [0.15, 0.2) is 30.7 Å². The molecule has 1 fully saturated rings. The summed E-state index contributed by atoms with van der Waals surface area (Å²) in [5.41, 5.74) is 12.2. The Kier molecular flexibility index (Phi) is 4.70. The van der Waals surface area contributed by atoms with Gasteiger partial charge in [0, 0.05) is 24.2 Å². The Balaban J connectivity index is 1.49. The summed E-state index contributed by atoms with van der Waals surface area (Å²) in [5.74, 6) is 1.19. The Labute approximate surface area is 176 Å². The van der Waals surface area contributed by atoms with Gasteiger partial charge in [-0.25, -0.2) is 9.97 Å². The van der Waals surface area contributed by atoms with E-state index in [1.165, 1.54) is 42.6 Å². The predicted molar refractivity (Wildman–Crippen MR) is 117 cm³/mol. The number of fused-ring (bicyclic) bond motifs is 3. The number of rotatable bonds is 4. The van der Waals surface area contributed by atoms with Crippen molar-refractivity contribution >= 4 is 5.82 Å². The molecule has 0 aliphatic carbocycles. The zero-order valence-corrected chi connectivity index (χ0v) is 17.8. The van der Waals surface area contributed by atoms with Gasteiger partial charge in [0.25, 0.3) is 5.88 Å². The molecule has 0 saturated carbocycles. The summed E-state index contributed by atoms with van der Waals surface area (Å²) in [6, 6.07) is 5.30. The normalized spacial score (nSPS) is 18.5. The number of hydrogen-bond donors (Lipinski definition) is 1. The Morgan fingerprint density at radius 1 is 1.20 bits per heavy atom. The third kappa shape index (κ3) is 3.33. The fraction of sp³-hybridized carbons (Fsp3) is 0.435. The minimum atomic E-state index is 0.255. The highest BCUT2D eigenvalue weighted by Gasteiger charge is 2.32. The first kappa shape index (κ1) is 19.1. The molecule has 2 aliphatic rings. The summed E-state index contributed by atoms with van der Waals surface area (Å²) < 4.78 is 7.76. The van der Waals surface area contributed by atoms with E-state index in [1.54, 1.807) is 12.4 Å². The van der Waals surface area contributed by atoms with Gasteiger partial charge in [-0.2, -0.15) is 5.10 Å². The van der Waals surface area contributed by atoms with Crippen LogP contribution in [0.25, 0.3) is 11.3 Å². The molecule has 1 aromatic carbocycles. The lowest BCUT2D eigenvalue weighted by atomic mass is 9.87. The molecule has 1 atom stereocenters. The van der Waals surface area contributed by atoms with Crippen LogP contribution < -0.4 is 10.5 Å². The molecule has 1 saturated heterocycles. The van der Waals surface area contributed by atoms with Gasteiger partial charge in [-0.3, -0.25) is 9.58 Å². The number of benzene rings is 1. The Morgan fingerprint density at radius 3 is 2.87 bits per heavy atom. The predicted octanol–water partition coefficient (Wildman–Crippen LogP) is 4.30. The van der Waals surface area contributed by atoms with Crippen LogP contribution in [0.3, 0.4) is 0 Å². The lowest BCUT2D eigenvalue weighted by Gasteiger charge is -2.33. The molecule has 2 N–H and O–H groups in total. The second-order valence-electron chi connectivity index (χ2n) is 8.60. The molecule has 1 unspecified atom stereocenters. The largest absolute Gasteiger partial charge is 0.433 e. The second kappa shape index (κ2) is 7.40. The maximum absolute atomic E-state index is 6.06. The highest BCUT2D eigenvalue weighted by atomic mass is 16.5. The van der Waals surface area contributed by atoms with Crippen molar-refractivity contribution in [2.24, 2.45) is 0 Å². The fourth-order valence-corrected chi connectivity index (χ4v) is 4.70. The third-order valence-electron chi connectivity index (χ3n) is 6.26. The van der Waals surface area contributed by atoms with Crippen molar-refractivity contribution in [3.63, 3.8) is 0 Å². The maximum atomic E-state index is 6.06. The molecule has 7 nitrogen and oxygen atoms in total. The van der Waals surface area contributed by atoms with Gasteiger partial charge >= 0.3 is 0 Å². The Morgan fingerprint density at radius 2 is 2.07 bits per heavy atom. The first-order valence-corrected chi connectivity index (χ1v) is 10.7. The van der Waals surface area contributed by atoms with Crippen LogP contribution in [0, 0.1) is 6.92 Å². The number of hydrogen-bond acceptors (Lipinski definition) is 6. The second-order valence-corrected chi connectivity index (χ2v) is 8.60. The standard InChI is InChI=1S/C23H28N6O/c1-14(2)29-13-17(11-26-29)30-23-22(24)25-12-20(27-23)16-9-15(3)18-6-8-28-7-4-5-21(28)19(18)10-16/h9-14,21H,4-8H2,1-3H3,(H2,24,25). The topological polar surface area (TPSA) is 82.1 Å². The van der Waals surface area contributed by atoms with E-state index in [4.69, 9.17) is 15.5 Å². The molecule has 30 heavy (non-hydrogen) atoms. The van der Waals surface area contributed by atoms with Crippen molar-refractivity contribution in [2.75, 3.05) is 18.8 Å². The highest BCUT2D eigenvalue weighted by Crippen LogP contribution is 2.40. The van der Waals surface area contributed by atoms with Crippen molar-refractivity contribution in [1.82, 2.24) is 24.6 Å². The van der Waals surface area contributed by atoms with Gasteiger partial charge in [0.15, 0.2) is 11.6 Å². The lowest BCUT2D eigenvalue weighted by Crippen LogP contribution is -2.31. The van der Waals surface area contributed by atoms with Gasteiger partial charge in [0.05, 0.1) is 24.3 Å². The minimum Gasteiger partial charge on any atom is -0.433 e. The molecule has 2 aliphatic heterocycles. The molecule has 7 heteroatoms. The number of ether oxygens (including phenoxy) is 1. The van der Waals surface area contributed by atoms with Crippen LogP contribution in [0.1, 0.15) is 55.5 Å². The van der Waals surface area contributed by atoms with E-state index in [2.05, 4.69) is 47.9 Å². The highest BCUT2D eigenvalue weighted by molar-refractivity contribution is 5.65. The van der Waals surface area contributed by atoms with Crippen LogP contribution >= 0.6 is 0 Å². The molecule has 4 heterocycles. The molecule has 5 rings (SSSR count). The van der Waals surface area contributed by atoms with Crippen molar-refractivity contribution in [1.29, 1.82) is 0 Å². The average Bonchev–Trinajstić information content (AvgIpc) is 3.39. The molecular formula is C23H28N6O. The van der Waals surface area contributed by atoms with Crippen molar-refractivity contribution in [3.05, 3.63) is 47.4 Å². The summed E-state index contributed by atoms with van der Waals surface area (Å²) in [6.07, 6.45) is 8.88. The van der Waals surface area contributed by atoms with Crippen LogP contribution in [0.2, 0.25) is 0 Å². The summed E-state index contributed by atoms with van der Waals surface area (Å²) >= 11 is 0. The van der Waals surface area contributed by atoms with Gasteiger partial charge in [0.2, 0.25) is 0 Å². The van der Waals surface area contributed by atoms with Crippen molar-refractivity contribution < 1.29 is 4.74 Å². The number of aryl methyl sites for hydroxylation is 1. The summed E-state index contributed by atoms with van der Waals surface area (Å²) in [7, 11) is 0. The van der Waals surface area contributed by atoms with Gasteiger partial charge in [-0.05, 0) is 75.4 Å². The first-order chi connectivity index (χ1) is 14.5. The molecule has 0 spiro atoms. The van der Waals surface area contributed by atoms with Crippen LogP contribution in [0.4, 0.5) is 5.82 Å². The third-order valence-corrected chi connectivity index (χ3v) is 6.26. The van der Waals surface area contributed by atoms with Gasteiger partial charge in [0.1, 0.15) is 0 Å². The van der Waals surface area contributed by atoms with Gasteiger partial charge < -0.3 is 10.5 Å². The van der Waals surface area contributed by atoms with E-state index < -0.39 is 0 Å². The van der Waals surface area contributed by atoms with Crippen LogP contribution in [0.5, 0.6) is 11.6 Å². The summed E-state index contributed by atoms with van der Waals surface area (Å²) in [4.78, 5) is 11.7. The fourth-order valence-electron chi connectivity index (χ4n) is 4.70. The van der Waals surface area contributed by atoms with E-state index in [0.717, 1.165) is 17.7 Å². The van der Waals surface area contributed by atoms with Crippen LogP contribution in [-0.2, 0) is 6.42 Å². The van der Waals surface area contributed by atoms with E-state index >= 15 is 0 Å². The molecular weight excluding hydrogens is 376 g/mol. The Hall–Kier alpha value is -2.93. The quantitative estimate of drug-likeness (QED) is 0.698. The van der Waals surface area contributed by atoms with Gasteiger partial charge in [-0.15, -0.1) is 0 Å². The summed E-state index contributed by atoms with van der Waals surface area (Å²) in [6.45, 7) is 8.71. The molecule has 156 valence electrons. The monoisotopic (exact) mass is 404 g/mol. The number of aromatic nitrogens is 4. The molecule has 2 aromatic heterocycles. The van der Waals surface area contributed by atoms with Crippen molar-refractivity contribution in [2.45, 2.75) is 52.1 Å². The molecule has 0 amide bonds. The average molecular weight is 405 g/mol. The molecule has 0 radical (unpaired) electrons. The van der Waals surface area contributed by atoms with E-state index in [9.17, 15) is 0 Å². The lowest BCUT2D eigenvalue weighted by molar-refractivity contribution is 0.243.